The average molecular weight is 230 g/mol. The molecule has 1 aliphatic carbocycles. The van der Waals surface area contributed by atoms with Crippen molar-refractivity contribution >= 4 is 17.2 Å². The molecule has 1 fully saturated rings. The fourth-order valence-electron chi connectivity index (χ4n) is 1.41. The fraction of sp³-hybridized carbons (Fsp3) is 0.909. The summed E-state index contributed by atoms with van der Waals surface area (Å²) in [5, 5.41) is 0. The topological polar surface area (TPSA) is 38.5 Å². The van der Waals surface area contributed by atoms with Crippen LogP contribution >= 0.6 is 12.2 Å². The van der Waals surface area contributed by atoms with E-state index in [-0.39, 0.29) is 0 Å². The van der Waals surface area contributed by atoms with Crippen molar-refractivity contribution in [3.8, 4) is 0 Å². The van der Waals surface area contributed by atoms with Crippen LogP contribution in [0.15, 0.2) is 0 Å². The molecule has 0 radical (unpaired) electrons. The van der Waals surface area contributed by atoms with Gasteiger partial charge in [0.2, 0.25) is 0 Å². The van der Waals surface area contributed by atoms with Crippen LogP contribution in [0, 0.1) is 5.92 Å². The van der Waals surface area contributed by atoms with Gasteiger partial charge in [-0.15, -0.1) is 0 Å². The molecule has 15 heavy (non-hydrogen) atoms. The smallest absolute Gasteiger partial charge is 0.0742 e. The van der Waals surface area contributed by atoms with Crippen molar-refractivity contribution in [1.29, 1.82) is 0 Å². The first-order valence-corrected chi connectivity index (χ1v) is 6.06. The molecule has 1 saturated carbocycles. The van der Waals surface area contributed by atoms with Gasteiger partial charge in [0, 0.05) is 25.6 Å². The number of hydrogen-bond acceptors (Lipinski definition) is 3. The van der Waals surface area contributed by atoms with Crippen molar-refractivity contribution in [2.45, 2.75) is 32.2 Å². The Labute approximate surface area is 98.0 Å². The van der Waals surface area contributed by atoms with Gasteiger partial charge in [-0.2, -0.15) is 0 Å². The van der Waals surface area contributed by atoms with Crippen molar-refractivity contribution in [3.63, 3.8) is 0 Å². The minimum atomic E-state index is 0.409. The molecule has 3 nitrogen and oxygen atoms in total. The summed E-state index contributed by atoms with van der Waals surface area (Å²) < 4.78 is 5.58. The Morgan fingerprint density at radius 1 is 1.60 bits per heavy atom. The third-order valence-corrected chi connectivity index (χ3v) is 3.05. The molecule has 0 spiro atoms. The molecule has 0 amide bonds. The predicted octanol–water partition coefficient (Wildman–Crippen LogP) is 1.41. The van der Waals surface area contributed by atoms with Gasteiger partial charge in [0.05, 0.1) is 11.6 Å². The van der Waals surface area contributed by atoms with Gasteiger partial charge >= 0.3 is 0 Å². The molecule has 0 aromatic rings. The highest BCUT2D eigenvalue weighted by Crippen LogP contribution is 2.28. The summed E-state index contributed by atoms with van der Waals surface area (Å²) >= 11 is 4.89. The van der Waals surface area contributed by atoms with E-state index in [0.29, 0.717) is 11.0 Å². The molecule has 0 aromatic carbocycles. The Bertz CT molecular complexity index is 207. The van der Waals surface area contributed by atoms with Crippen LogP contribution < -0.4 is 5.73 Å². The number of nitrogens with two attached hydrogens (primary N) is 1. The van der Waals surface area contributed by atoms with E-state index in [2.05, 4.69) is 18.9 Å². The Morgan fingerprint density at radius 3 is 2.80 bits per heavy atom. The van der Waals surface area contributed by atoms with Crippen molar-refractivity contribution in [1.82, 2.24) is 4.90 Å². The molecule has 1 atom stereocenters. The zero-order chi connectivity index (χ0) is 11.3. The molecular weight excluding hydrogens is 208 g/mol. The first-order valence-electron chi connectivity index (χ1n) is 5.66. The molecule has 4 heteroatoms. The number of ether oxygens (including phenoxy) is 1. The van der Waals surface area contributed by atoms with E-state index < -0.39 is 0 Å². The lowest BCUT2D eigenvalue weighted by atomic mass is 10.2. The van der Waals surface area contributed by atoms with Crippen LogP contribution in [0.2, 0.25) is 0 Å². The molecule has 0 heterocycles. The molecule has 1 rings (SSSR count). The largest absolute Gasteiger partial charge is 0.393 e. The fourth-order valence-corrected chi connectivity index (χ4v) is 1.65. The monoisotopic (exact) mass is 230 g/mol. The second kappa shape index (κ2) is 6.40. The number of hydrogen-bond donors (Lipinski definition) is 1. The minimum absolute atomic E-state index is 0.409. The van der Waals surface area contributed by atoms with Gasteiger partial charge in [0.25, 0.3) is 0 Å². The molecular formula is C11H22N2OS. The third-order valence-electron chi connectivity index (χ3n) is 2.89. The van der Waals surface area contributed by atoms with E-state index in [9.17, 15) is 0 Å². The van der Waals surface area contributed by atoms with E-state index in [1.807, 2.05) is 0 Å². The lowest BCUT2D eigenvalue weighted by Gasteiger charge is -2.24. The molecule has 0 bridgehead atoms. The number of rotatable bonds is 8. The van der Waals surface area contributed by atoms with Crippen LogP contribution in [0.4, 0.5) is 0 Å². The normalized spacial score (nSPS) is 18.1. The lowest BCUT2D eigenvalue weighted by molar-refractivity contribution is 0.0945. The first kappa shape index (κ1) is 12.9. The Morgan fingerprint density at radius 2 is 2.27 bits per heavy atom. The molecule has 0 aliphatic heterocycles. The summed E-state index contributed by atoms with van der Waals surface area (Å²) in [6.45, 7) is 4.85. The third kappa shape index (κ3) is 6.07. The molecule has 0 saturated heterocycles. The van der Waals surface area contributed by atoms with Crippen LogP contribution in [-0.4, -0.2) is 42.7 Å². The van der Waals surface area contributed by atoms with E-state index in [1.54, 1.807) is 0 Å². The van der Waals surface area contributed by atoms with E-state index in [0.717, 1.165) is 32.1 Å². The van der Waals surface area contributed by atoms with Gasteiger partial charge in [-0.05, 0) is 32.7 Å². The van der Waals surface area contributed by atoms with Crippen LogP contribution in [0.25, 0.3) is 0 Å². The average Bonchev–Trinajstić information content (AvgIpc) is 2.94. The van der Waals surface area contributed by atoms with E-state index in [1.165, 1.54) is 12.8 Å². The molecule has 1 unspecified atom stereocenters. The maximum atomic E-state index is 5.58. The van der Waals surface area contributed by atoms with Crippen LogP contribution in [0.3, 0.4) is 0 Å². The Kier molecular flexibility index (Phi) is 5.50. The molecule has 0 aromatic heterocycles. The molecule has 1 aliphatic rings. The highest BCUT2D eigenvalue weighted by Gasteiger charge is 2.21. The Hall–Kier alpha value is -0.190. The maximum absolute atomic E-state index is 5.58. The van der Waals surface area contributed by atoms with E-state index in [4.69, 9.17) is 22.7 Å². The Balaban J connectivity index is 1.99. The van der Waals surface area contributed by atoms with E-state index >= 15 is 0 Å². The van der Waals surface area contributed by atoms with Crippen LogP contribution in [0.1, 0.15) is 26.2 Å². The van der Waals surface area contributed by atoms with Crippen molar-refractivity contribution in [3.05, 3.63) is 0 Å². The summed E-state index contributed by atoms with van der Waals surface area (Å²) in [6, 6.07) is 0.409. The molecule has 2 N–H and O–H groups in total. The summed E-state index contributed by atoms with van der Waals surface area (Å²) in [5.41, 5.74) is 5.51. The summed E-state index contributed by atoms with van der Waals surface area (Å²) in [5.74, 6) is 0.851. The van der Waals surface area contributed by atoms with Gasteiger partial charge in [-0.3, -0.25) is 0 Å². The zero-order valence-electron chi connectivity index (χ0n) is 9.74. The number of likely N-dealkylation sites (N-methyl/N-ethyl adjacent to an activating group) is 1. The number of nitrogens with zero attached hydrogens (tertiary/aromatic N) is 1. The van der Waals surface area contributed by atoms with Crippen LogP contribution in [0.5, 0.6) is 0 Å². The van der Waals surface area contributed by atoms with Gasteiger partial charge < -0.3 is 15.4 Å². The van der Waals surface area contributed by atoms with Gasteiger partial charge in [-0.25, -0.2) is 0 Å². The van der Waals surface area contributed by atoms with Crippen molar-refractivity contribution in [2.24, 2.45) is 11.7 Å². The first-order chi connectivity index (χ1) is 7.09. The van der Waals surface area contributed by atoms with Gasteiger partial charge in [0.15, 0.2) is 0 Å². The second-order valence-electron chi connectivity index (χ2n) is 4.52. The molecule has 88 valence electrons. The van der Waals surface area contributed by atoms with Crippen molar-refractivity contribution in [2.75, 3.05) is 26.8 Å². The SMILES string of the molecule is CC(CC(N)=S)N(C)CCOCC1CC1. The summed E-state index contributed by atoms with van der Waals surface area (Å²) in [4.78, 5) is 2.83. The highest BCUT2D eigenvalue weighted by atomic mass is 32.1. The maximum Gasteiger partial charge on any atom is 0.0742 e. The number of thiocarbonyl (C=S) groups is 1. The standard InChI is InChI=1S/C11H22N2OS/c1-9(7-11(12)15)13(2)5-6-14-8-10-3-4-10/h9-10H,3-8H2,1-2H3,(H2,12,15). The predicted molar refractivity (Wildman–Crippen MR) is 67.0 cm³/mol. The van der Waals surface area contributed by atoms with Gasteiger partial charge in [0.1, 0.15) is 0 Å². The minimum Gasteiger partial charge on any atom is -0.393 e. The second-order valence-corrected chi connectivity index (χ2v) is 5.04. The van der Waals surface area contributed by atoms with Gasteiger partial charge in [-0.1, -0.05) is 12.2 Å². The summed E-state index contributed by atoms with van der Waals surface area (Å²) in [7, 11) is 2.09. The lowest BCUT2D eigenvalue weighted by Crippen LogP contribution is -2.35. The highest BCUT2D eigenvalue weighted by molar-refractivity contribution is 7.80. The quantitative estimate of drug-likeness (QED) is 0.505. The van der Waals surface area contributed by atoms with Crippen molar-refractivity contribution < 1.29 is 4.74 Å². The summed E-state index contributed by atoms with van der Waals surface area (Å²) in [6.07, 6.45) is 3.50. The zero-order valence-corrected chi connectivity index (χ0v) is 10.6. The van der Waals surface area contributed by atoms with Crippen LogP contribution in [-0.2, 0) is 4.74 Å².